The van der Waals surface area contributed by atoms with Gasteiger partial charge in [-0.3, -0.25) is 5.26 Å². The van der Waals surface area contributed by atoms with E-state index < -0.39 is 0 Å². The van der Waals surface area contributed by atoms with Crippen LogP contribution in [0.25, 0.3) is 0 Å². The summed E-state index contributed by atoms with van der Waals surface area (Å²) in [6.45, 7) is 12.2. The van der Waals surface area contributed by atoms with Crippen LogP contribution in [0.1, 0.15) is 98.8 Å². The highest BCUT2D eigenvalue weighted by molar-refractivity contribution is 5.29. The molecule has 0 unspecified atom stereocenters. The van der Waals surface area contributed by atoms with Gasteiger partial charge in [-0.25, -0.2) is 4.89 Å². The number of rotatable bonds is 6. The van der Waals surface area contributed by atoms with Crippen LogP contribution in [0.2, 0.25) is 0 Å². The lowest BCUT2D eigenvalue weighted by atomic mass is 9.46. The van der Waals surface area contributed by atoms with Crippen LogP contribution in [0.3, 0.4) is 0 Å². The highest BCUT2D eigenvalue weighted by Gasteiger charge is 2.61. The molecule has 0 radical (unpaired) electrons. The van der Waals surface area contributed by atoms with Crippen LogP contribution < -0.4 is 0 Å². The van der Waals surface area contributed by atoms with Crippen molar-refractivity contribution in [2.75, 3.05) is 0 Å². The Bertz CT molecular complexity index is 642. The fourth-order valence-electron chi connectivity index (χ4n) is 8.85. The van der Waals surface area contributed by atoms with Crippen LogP contribution in [0.4, 0.5) is 0 Å². The summed E-state index contributed by atoms with van der Waals surface area (Å²) in [4.78, 5) is 5.07. The molecule has 0 saturated heterocycles. The van der Waals surface area contributed by atoms with Crippen molar-refractivity contribution in [1.29, 1.82) is 0 Å². The largest absolute Gasteiger partial charge is 0.389 e. The molecule has 0 heterocycles. The molecule has 0 aromatic carbocycles. The lowest BCUT2D eigenvalue weighted by Crippen LogP contribution is -2.54. The van der Waals surface area contributed by atoms with Gasteiger partial charge < -0.3 is 5.11 Å². The van der Waals surface area contributed by atoms with Crippen molar-refractivity contribution in [3.8, 4) is 0 Å². The van der Waals surface area contributed by atoms with E-state index in [4.69, 9.17) is 4.89 Å². The van der Waals surface area contributed by atoms with Gasteiger partial charge in [0.05, 0.1) is 6.10 Å². The highest BCUT2D eigenvalue weighted by Crippen LogP contribution is 2.68. The van der Waals surface area contributed by atoms with E-state index >= 15 is 0 Å². The van der Waals surface area contributed by atoms with Crippen LogP contribution in [0, 0.1) is 46.3 Å². The minimum atomic E-state index is -0.376. The molecule has 3 nitrogen and oxygen atoms in total. The first kappa shape index (κ1) is 22.8. The van der Waals surface area contributed by atoms with Crippen molar-refractivity contribution < 1.29 is 15.3 Å². The summed E-state index contributed by atoms with van der Waals surface area (Å²) >= 11 is 0. The van der Waals surface area contributed by atoms with Crippen molar-refractivity contribution in [3.63, 3.8) is 0 Å². The molecular formula is C27H46O3. The molecule has 4 rings (SSSR count). The molecule has 4 aliphatic carbocycles. The zero-order valence-electron chi connectivity index (χ0n) is 20.1. The summed E-state index contributed by atoms with van der Waals surface area (Å²) in [6.07, 6.45) is 13.7. The van der Waals surface area contributed by atoms with Crippen LogP contribution in [0.5, 0.6) is 0 Å². The van der Waals surface area contributed by atoms with Crippen molar-refractivity contribution in [1.82, 2.24) is 0 Å². The number of fused-ring (bicyclic) bond motifs is 5. The molecular weight excluding hydrogens is 372 g/mol. The zero-order chi connectivity index (χ0) is 21.7. The van der Waals surface area contributed by atoms with E-state index in [0.717, 1.165) is 42.9 Å². The Morgan fingerprint density at radius 1 is 1.03 bits per heavy atom. The smallest absolute Gasteiger partial charge is 0.115 e. The molecule has 0 aliphatic heterocycles. The number of aliphatic hydroxyl groups is 1. The quantitative estimate of drug-likeness (QED) is 0.281. The van der Waals surface area contributed by atoms with Gasteiger partial charge in [0, 0.05) is 0 Å². The summed E-state index contributed by atoms with van der Waals surface area (Å²) in [5.74, 6) is 4.56. The lowest BCUT2D eigenvalue weighted by Gasteiger charge is -2.60. The van der Waals surface area contributed by atoms with Crippen LogP contribution >= 0.6 is 0 Å². The maximum absolute atomic E-state index is 10.3. The van der Waals surface area contributed by atoms with E-state index in [1.807, 2.05) is 6.08 Å². The molecule has 0 aromatic rings. The van der Waals surface area contributed by atoms with E-state index in [1.165, 1.54) is 50.5 Å². The second-order valence-corrected chi connectivity index (χ2v) is 12.4. The van der Waals surface area contributed by atoms with Gasteiger partial charge in [0.25, 0.3) is 0 Å². The van der Waals surface area contributed by atoms with Gasteiger partial charge in [0.1, 0.15) is 6.10 Å². The molecule has 30 heavy (non-hydrogen) atoms. The zero-order valence-corrected chi connectivity index (χ0v) is 20.1. The topological polar surface area (TPSA) is 49.7 Å². The summed E-state index contributed by atoms with van der Waals surface area (Å²) in [6, 6.07) is 0. The van der Waals surface area contributed by atoms with Crippen molar-refractivity contribution in [2.45, 2.75) is 111 Å². The summed E-state index contributed by atoms with van der Waals surface area (Å²) in [5, 5.41) is 20.0. The third-order valence-corrected chi connectivity index (χ3v) is 10.4. The first-order valence-electron chi connectivity index (χ1n) is 12.9. The minimum absolute atomic E-state index is 0.0812. The fraction of sp³-hybridized carbons (Fsp3) is 0.926. The van der Waals surface area contributed by atoms with E-state index in [2.05, 4.69) is 34.6 Å². The maximum atomic E-state index is 10.3. The van der Waals surface area contributed by atoms with Crippen molar-refractivity contribution in [3.05, 3.63) is 11.6 Å². The monoisotopic (exact) mass is 418 g/mol. The lowest BCUT2D eigenvalue weighted by molar-refractivity contribution is -0.286. The third-order valence-electron chi connectivity index (χ3n) is 10.4. The van der Waals surface area contributed by atoms with Gasteiger partial charge in [-0.15, -0.1) is 0 Å². The molecule has 3 fully saturated rings. The average molecular weight is 419 g/mol. The average Bonchev–Trinajstić information content (AvgIpc) is 3.05. The van der Waals surface area contributed by atoms with E-state index in [0.29, 0.717) is 17.3 Å². The fourth-order valence-corrected chi connectivity index (χ4v) is 8.85. The molecule has 4 aliphatic rings. The Balaban J connectivity index is 1.54. The van der Waals surface area contributed by atoms with Crippen molar-refractivity contribution in [2.24, 2.45) is 46.3 Å². The molecule has 3 saturated carbocycles. The summed E-state index contributed by atoms with van der Waals surface area (Å²) < 4.78 is 0. The van der Waals surface area contributed by atoms with Gasteiger partial charge in [0.2, 0.25) is 0 Å². The van der Waals surface area contributed by atoms with Gasteiger partial charge in [-0.2, -0.15) is 0 Å². The van der Waals surface area contributed by atoms with E-state index in [-0.39, 0.29) is 17.6 Å². The number of aliphatic hydroxyl groups excluding tert-OH is 1. The Morgan fingerprint density at radius 3 is 2.50 bits per heavy atom. The standard InChI is InChI=1S/C27H46O3/c1-17(2)7-6-8-18(3)21-9-10-22-20-16-25(30-29)24-15-19(28)11-13-27(24,5)23(20)12-14-26(21,22)4/h15,17-23,25,28-29H,6-14,16H2,1-5H3/t18-,19+,20+,21-,22+,23+,25-,26-,27-/m1/s1. The SMILES string of the molecule is CC(C)CCC[C@@H](C)[C@H]1CC[C@H]2[C@@H]3C[C@@H](OO)C4=C[C@@H](O)CC[C@]4(C)[C@H]3CC[C@]12C. The predicted octanol–water partition coefficient (Wildman–Crippen LogP) is 6.86. The van der Waals surface area contributed by atoms with E-state index in [1.54, 1.807) is 0 Å². The minimum Gasteiger partial charge on any atom is -0.389 e. The van der Waals surface area contributed by atoms with Crippen LogP contribution in [-0.2, 0) is 4.89 Å². The number of hydrogen-bond donors (Lipinski definition) is 2. The third kappa shape index (κ3) is 3.71. The summed E-state index contributed by atoms with van der Waals surface area (Å²) in [5.41, 5.74) is 1.72. The van der Waals surface area contributed by atoms with E-state index in [9.17, 15) is 10.4 Å². The van der Waals surface area contributed by atoms with Crippen LogP contribution in [-0.4, -0.2) is 22.6 Å². The summed E-state index contributed by atoms with van der Waals surface area (Å²) in [7, 11) is 0. The maximum Gasteiger partial charge on any atom is 0.115 e. The highest BCUT2D eigenvalue weighted by atomic mass is 17.1. The molecule has 172 valence electrons. The van der Waals surface area contributed by atoms with Gasteiger partial charge in [0.15, 0.2) is 0 Å². The van der Waals surface area contributed by atoms with Gasteiger partial charge >= 0.3 is 0 Å². The Kier molecular flexibility index (Phi) is 6.48. The Morgan fingerprint density at radius 2 is 1.80 bits per heavy atom. The molecule has 0 bridgehead atoms. The first-order chi connectivity index (χ1) is 14.2. The van der Waals surface area contributed by atoms with Gasteiger partial charge in [-0.05, 0) is 96.9 Å². The second kappa shape index (κ2) is 8.52. The Labute approximate surface area is 184 Å². The van der Waals surface area contributed by atoms with Crippen LogP contribution in [0.15, 0.2) is 11.6 Å². The molecule has 0 spiro atoms. The number of hydrogen-bond acceptors (Lipinski definition) is 3. The van der Waals surface area contributed by atoms with Gasteiger partial charge in [-0.1, -0.05) is 60.0 Å². The first-order valence-corrected chi connectivity index (χ1v) is 12.9. The molecule has 9 atom stereocenters. The predicted molar refractivity (Wildman–Crippen MR) is 122 cm³/mol. The second-order valence-electron chi connectivity index (χ2n) is 12.4. The molecule has 3 heteroatoms. The molecule has 0 aromatic heterocycles. The molecule has 2 N–H and O–H groups in total. The normalized spacial score (nSPS) is 46.7. The molecule has 0 amide bonds. The van der Waals surface area contributed by atoms with Crippen molar-refractivity contribution >= 4 is 0 Å². The Hall–Kier alpha value is -0.380.